The van der Waals surface area contributed by atoms with Gasteiger partial charge in [0.1, 0.15) is 5.75 Å². The van der Waals surface area contributed by atoms with E-state index in [1.165, 1.54) is 18.2 Å². The van der Waals surface area contributed by atoms with Gasteiger partial charge in [0.25, 0.3) is 5.92 Å². The highest BCUT2D eigenvalue weighted by Gasteiger charge is 2.64. The molecule has 1 aliphatic carbocycles. The molecule has 2 aliphatic rings. The zero-order valence-electron chi connectivity index (χ0n) is 8.26. The lowest BCUT2D eigenvalue weighted by Crippen LogP contribution is -2.53. The van der Waals surface area contributed by atoms with Gasteiger partial charge in [-0.2, -0.15) is 0 Å². The fraction of sp³-hybridized carbons (Fsp3) is 0.364. The van der Waals surface area contributed by atoms with Gasteiger partial charge in [-0.3, -0.25) is 4.79 Å². The van der Waals surface area contributed by atoms with E-state index in [1.54, 1.807) is 0 Å². The van der Waals surface area contributed by atoms with Gasteiger partial charge in [-0.25, -0.2) is 8.78 Å². The van der Waals surface area contributed by atoms with Crippen molar-refractivity contribution in [3.63, 3.8) is 0 Å². The maximum atomic E-state index is 13.0. The van der Waals surface area contributed by atoms with Crippen molar-refractivity contribution in [2.45, 2.75) is 24.2 Å². The maximum Gasteiger partial charge on any atom is 0.250 e. The normalized spacial score (nSPS) is 23.8. The zero-order valence-corrected chi connectivity index (χ0v) is 8.26. The number of hydrogen-bond acceptors (Lipinski definition) is 2. The van der Waals surface area contributed by atoms with Crippen molar-refractivity contribution in [2.24, 2.45) is 0 Å². The molecule has 1 fully saturated rings. The Morgan fingerprint density at radius 2 is 2.00 bits per heavy atom. The summed E-state index contributed by atoms with van der Waals surface area (Å²) in [5.41, 5.74) is -0.112. The second-order valence-corrected chi connectivity index (χ2v) is 4.48. The van der Waals surface area contributed by atoms with E-state index in [-0.39, 0.29) is 11.7 Å². The molecule has 0 saturated heterocycles. The Kier molecular flexibility index (Phi) is 1.51. The predicted octanol–water partition coefficient (Wildman–Crippen LogP) is 2.01. The predicted molar refractivity (Wildman–Crippen MR) is 52.6 cm³/mol. The van der Waals surface area contributed by atoms with Crippen LogP contribution in [0.5, 0.6) is 5.75 Å². The third-order valence-corrected chi connectivity index (χ3v) is 3.32. The maximum absolute atomic E-state index is 13.0. The van der Waals surface area contributed by atoms with Crippen LogP contribution >= 0.6 is 0 Å². The van der Waals surface area contributed by atoms with Gasteiger partial charge >= 0.3 is 0 Å². The lowest BCUT2D eigenvalue weighted by atomic mass is 9.62. The Bertz CT molecular complexity index is 491. The first-order chi connectivity index (χ1) is 7.43. The number of aromatic hydroxyl groups is 1. The molecular weight excluding hydrogens is 216 g/mol. The average molecular weight is 225 g/mol. The fourth-order valence-electron chi connectivity index (χ4n) is 2.58. The largest absolute Gasteiger partial charge is 0.508 e. The number of anilines is 1. The summed E-state index contributed by atoms with van der Waals surface area (Å²) in [5, 5.41) is 11.9. The Hall–Kier alpha value is -1.65. The summed E-state index contributed by atoms with van der Waals surface area (Å²) in [4.78, 5) is 11.7. The van der Waals surface area contributed by atoms with Crippen LogP contribution in [0.3, 0.4) is 0 Å². The Balaban J connectivity index is 2.10. The Morgan fingerprint density at radius 3 is 2.62 bits per heavy atom. The number of nitrogens with one attached hydrogen (secondary N) is 1. The summed E-state index contributed by atoms with van der Waals surface area (Å²) in [5.74, 6) is -3.17. The molecule has 5 heteroatoms. The van der Waals surface area contributed by atoms with Crippen LogP contribution in [0.2, 0.25) is 0 Å². The molecule has 3 rings (SSSR count). The molecular formula is C11H9F2NO2. The molecule has 1 heterocycles. The second-order valence-electron chi connectivity index (χ2n) is 4.48. The molecule has 0 aromatic heterocycles. The van der Waals surface area contributed by atoms with Crippen molar-refractivity contribution in [3.05, 3.63) is 23.8 Å². The molecule has 0 radical (unpaired) electrons. The molecule has 0 unspecified atom stereocenters. The van der Waals surface area contributed by atoms with Crippen molar-refractivity contribution < 1.29 is 18.7 Å². The van der Waals surface area contributed by atoms with Crippen molar-refractivity contribution in [1.29, 1.82) is 0 Å². The van der Waals surface area contributed by atoms with E-state index in [0.29, 0.717) is 11.3 Å². The molecule has 1 aromatic carbocycles. The fourth-order valence-corrected chi connectivity index (χ4v) is 2.58. The van der Waals surface area contributed by atoms with Crippen molar-refractivity contribution >= 4 is 11.6 Å². The molecule has 0 bridgehead atoms. The minimum atomic E-state index is -2.77. The van der Waals surface area contributed by atoms with E-state index in [4.69, 9.17) is 0 Å². The minimum absolute atomic E-state index is 0.00941. The SMILES string of the molecule is O=C1Nc2ccc(O)cc2C12CC(F)(F)C2. The van der Waals surface area contributed by atoms with Crippen LogP contribution in [0, 0.1) is 0 Å². The van der Waals surface area contributed by atoms with Crippen LogP contribution in [-0.2, 0) is 10.2 Å². The molecule has 1 aliphatic heterocycles. The summed E-state index contributed by atoms with van der Waals surface area (Å²) in [6, 6.07) is 4.35. The number of carbonyl (C=O) groups excluding carboxylic acids is 1. The highest BCUT2D eigenvalue weighted by atomic mass is 19.3. The lowest BCUT2D eigenvalue weighted by Gasteiger charge is -2.42. The molecule has 1 aromatic rings. The molecule has 16 heavy (non-hydrogen) atoms. The monoisotopic (exact) mass is 225 g/mol. The lowest BCUT2D eigenvalue weighted by molar-refractivity contribution is -0.152. The van der Waals surface area contributed by atoms with Crippen molar-refractivity contribution in [3.8, 4) is 5.75 Å². The van der Waals surface area contributed by atoms with E-state index in [2.05, 4.69) is 5.32 Å². The number of phenols is 1. The van der Waals surface area contributed by atoms with Crippen molar-refractivity contribution in [2.75, 3.05) is 5.32 Å². The summed E-state index contributed by atoms with van der Waals surface area (Å²) in [6.07, 6.45) is -0.940. The minimum Gasteiger partial charge on any atom is -0.508 e. The number of hydrogen-bond donors (Lipinski definition) is 2. The number of fused-ring (bicyclic) bond motifs is 2. The van der Waals surface area contributed by atoms with Crippen LogP contribution < -0.4 is 5.32 Å². The summed E-state index contributed by atoms with van der Waals surface area (Å²) in [7, 11) is 0. The highest BCUT2D eigenvalue weighted by Crippen LogP contribution is 2.58. The number of amides is 1. The van der Waals surface area contributed by atoms with Gasteiger partial charge in [0.15, 0.2) is 0 Å². The van der Waals surface area contributed by atoms with Crippen LogP contribution in [-0.4, -0.2) is 16.9 Å². The molecule has 2 N–H and O–H groups in total. The second kappa shape index (κ2) is 2.53. The Labute approximate surface area is 90.1 Å². The Morgan fingerprint density at radius 1 is 1.31 bits per heavy atom. The number of halogens is 2. The van der Waals surface area contributed by atoms with Crippen LogP contribution in [0.15, 0.2) is 18.2 Å². The smallest absolute Gasteiger partial charge is 0.250 e. The summed E-state index contributed by atoms with van der Waals surface area (Å²) >= 11 is 0. The van der Waals surface area contributed by atoms with Gasteiger partial charge in [-0.1, -0.05) is 0 Å². The van der Waals surface area contributed by atoms with Gasteiger partial charge < -0.3 is 10.4 Å². The van der Waals surface area contributed by atoms with E-state index in [0.717, 1.165) is 0 Å². The molecule has 0 atom stereocenters. The van der Waals surface area contributed by atoms with E-state index in [1.807, 2.05) is 0 Å². The van der Waals surface area contributed by atoms with Crippen LogP contribution in [0.1, 0.15) is 18.4 Å². The van der Waals surface area contributed by atoms with Gasteiger partial charge in [-0.15, -0.1) is 0 Å². The first-order valence-electron chi connectivity index (χ1n) is 4.96. The standard InChI is InChI=1S/C11H9F2NO2/c12-11(13)4-10(5-11)7-3-6(15)1-2-8(7)14-9(10)16/h1-3,15H,4-5H2,(H,14,16). The van der Waals surface area contributed by atoms with Crippen LogP contribution in [0.25, 0.3) is 0 Å². The van der Waals surface area contributed by atoms with Gasteiger partial charge in [-0.05, 0) is 23.8 Å². The van der Waals surface area contributed by atoms with Crippen molar-refractivity contribution in [1.82, 2.24) is 0 Å². The summed E-state index contributed by atoms with van der Waals surface area (Å²) in [6.45, 7) is 0. The first-order valence-corrected chi connectivity index (χ1v) is 4.96. The van der Waals surface area contributed by atoms with Crippen LogP contribution in [0.4, 0.5) is 14.5 Å². The van der Waals surface area contributed by atoms with Gasteiger partial charge in [0.05, 0.1) is 5.41 Å². The quantitative estimate of drug-likeness (QED) is 0.663. The molecule has 84 valence electrons. The number of carbonyl (C=O) groups is 1. The van der Waals surface area contributed by atoms with E-state index >= 15 is 0 Å². The first kappa shape index (κ1) is 9.57. The van der Waals surface area contributed by atoms with E-state index in [9.17, 15) is 18.7 Å². The molecule has 1 amide bonds. The third-order valence-electron chi connectivity index (χ3n) is 3.32. The number of benzene rings is 1. The molecule has 1 saturated carbocycles. The third kappa shape index (κ3) is 1.03. The topological polar surface area (TPSA) is 49.3 Å². The number of rotatable bonds is 0. The van der Waals surface area contributed by atoms with E-state index < -0.39 is 24.2 Å². The molecule has 3 nitrogen and oxygen atoms in total. The summed E-state index contributed by atoms with van der Waals surface area (Å²) < 4.78 is 25.9. The highest BCUT2D eigenvalue weighted by molar-refractivity contribution is 6.07. The molecule has 1 spiro atoms. The average Bonchev–Trinajstić information content (AvgIpc) is 2.40. The zero-order chi connectivity index (χ0) is 11.6. The van der Waals surface area contributed by atoms with Gasteiger partial charge in [0.2, 0.25) is 5.91 Å². The van der Waals surface area contributed by atoms with Gasteiger partial charge in [0, 0.05) is 18.5 Å². The number of alkyl halides is 2. The number of phenolic OH excluding ortho intramolecular Hbond substituents is 1.